The number of piperidine rings is 1. The molecule has 2 N–H and O–H groups in total. The molecule has 1 fully saturated rings. The predicted molar refractivity (Wildman–Crippen MR) is 101 cm³/mol. The number of aromatic carboxylic acids is 1. The number of carbonyl (C=O) groups is 2. The van der Waals surface area contributed by atoms with Crippen LogP contribution in [-0.2, 0) is 4.79 Å². The lowest BCUT2D eigenvalue weighted by atomic mass is 9.98. The highest BCUT2D eigenvalue weighted by Gasteiger charge is 2.31. The molecular weight excluding hydrogens is 336 g/mol. The molecule has 0 atom stereocenters. The molecular formula is C19H26N2O3S. The quantitative estimate of drug-likeness (QED) is 0.833. The van der Waals surface area contributed by atoms with Gasteiger partial charge in [-0.15, -0.1) is 11.3 Å². The second-order valence-electron chi connectivity index (χ2n) is 6.70. The fourth-order valence-corrected chi connectivity index (χ4v) is 4.76. The van der Waals surface area contributed by atoms with E-state index in [1.165, 1.54) is 23.3 Å². The Labute approximate surface area is 152 Å². The van der Waals surface area contributed by atoms with E-state index in [2.05, 4.69) is 11.4 Å². The molecule has 3 rings (SSSR count). The number of hydrogen-bond donors (Lipinski definition) is 2. The smallest absolute Gasteiger partial charge is 0.348 e. The molecule has 0 unspecified atom stereocenters. The molecule has 1 aliphatic carbocycles. The zero-order chi connectivity index (χ0) is 17.8. The molecule has 1 aliphatic heterocycles. The Hall–Kier alpha value is -1.66. The van der Waals surface area contributed by atoms with Crippen molar-refractivity contribution in [2.75, 3.05) is 18.0 Å². The van der Waals surface area contributed by atoms with Gasteiger partial charge in [-0.2, -0.15) is 0 Å². The van der Waals surface area contributed by atoms with E-state index in [0.29, 0.717) is 17.0 Å². The van der Waals surface area contributed by atoms with Crippen LogP contribution in [0.25, 0.3) is 5.57 Å². The van der Waals surface area contributed by atoms with Gasteiger partial charge in [0.15, 0.2) is 0 Å². The molecule has 0 saturated carbocycles. The zero-order valence-electron chi connectivity index (χ0n) is 14.7. The Morgan fingerprint density at radius 2 is 2.08 bits per heavy atom. The SMILES string of the molecule is CCC(=O)N(c1cc(C2=CCCCC2)sc1C(=O)O)C1CCNCC1. The van der Waals surface area contributed by atoms with Crippen molar-refractivity contribution in [3.05, 3.63) is 21.9 Å². The van der Waals surface area contributed by atoms with Crippen LogP contribution in [0.4, 0.5) is 5.69 Å². The lowest BCUT2D eigenvalue weighted by Crippen LogP contribution is -2.46. The van der Waals surface area contributed by atoms with Crippen LogP contribution in [0.1, 0.15) is 66.4 Å². The lowest BCUT2D eigenvalue weighted by molar-refractivity contribution is -0.118. The zero-order valence-corrected chi connectivity index (χ0v) is 15.5. The van der Waals surface area contributed by atoms with E-state index in [1.54, 1.807) is 4.90 Å². The molecule has 1 aromatic rings. The first kappa shape index (κ1) is 18.1. The molecule has 5 nitrogen and oxygen atoms in total. The van der Waals surface area contributed by atoms with Gasteiger partial charge >= 0.3 is 5.97 Å². The fourth-order valence-electron chi connectivity index (χ4n) is 3.70. The maximum atomic E-state index is 12.7. The molecule has 1 aromatic heterocycles. The average molecular weight is 362 g/mol. The maximum Gasteiger partial charge on any atom is 0.348 e. The van der Waals surface area contributed by atoms with Gasteiger partial charge in [0.25, 0.3) is 0 Å². The van der Waals surface area contributed by atoms with Gasteiger partial charge in [0.05, 0.1) is 5.69 Å². The van der Waals surface area contributed by atoms with Crippen LogP contribution < -0.4 is 10.2 Å². The van der Waals surface area contributed by atoms with Crippen LogP contribution in [-0.4, -0.2) is 36.1 Å². The maximum absolute atomic E-state index is 12.7. The molecule has 2 heterocycles. The van der Waals surface area contributed by atoms with Crippen LogP contribution in [0.15, 0.2) is 12.1 Å². The molecule has 6 heteroatoms. The summed E-state index contributed by atoms with van der Waals surface area (Å²) in [5, 5.41) is 13.0. The number of allylic oxidation sites excluding steroid dienone is 2. The molecule has 0 bridgehead atoms. The number of carboxylic acid groups (broad SMARTS) is 1. The number of nitrogens with zero attached hydrogens (tertiary/aromatic N) is 1. The van der Waals surface area contributed by atoms with E-state index in [1.807, 2.05) is 13.0 Å². The molecule has 2 aliphatic rings. The van der Waals surface area contributed by atoms with Crippen LogP contribution in [0.5, 0.6) is 0 Å². The third-order valence-corrected chi connectivity index (χ3v) is 6.21. The number of rotatable bonds is 5. The fraction of sp³-hybridized carbons (Fsp3) is 0.579. The van der Waals surface area contributed by atoms with E-state index >= 15 is 0 Å². The molecule has 1 saturated heterocycles. The number of anilines is 1. The van der Waals surface area contributed by atoms with Gasteiger partial charge in [0, 0.05) is 17.3 Å². The van der Waals surface area contributed by atoms with Gasteiger partial charge in [-0.05, 0) is 63.3 Å². The van der Waals surface area contributed by atoms with Crippen molar-refractivity contribution < 1.29 is 14.7 Å². The summed E-state index contributed by atoms with van der Waals surface area (Å²) < 4.78 is 0. The predicted octanol–water partition coefficient (Wildman–Crippen LogP) is 3.90. The van der Waals surface area contributed by atoms with Crippen LogP contribution in [0.2, 0.25) is 0 Å². The highest BCUT2D eigenvalue weighted by atomic mass is 32.1. The Morgan fingerprint density at radius 3 is 2.68 bits per heavy atom. The van der Waals surface area contributed by atoms with Crippen molar-refractivity contribution in [3.63, 3.8) is 0 Å². The summed E-state index contributed by atoms with van der Waals surface area (Å²) in [7, 11) is 0. The Balaban J connectivity index is 2.01. The van der Waals surface area contributed by atoms with Gasteiger partial charge in [-0.1, -0.05) is 13.0 Å². The van der Waals surface area contributed by atoms with Crippen LogP contribution in [0, 0.1) is 0 Å². The third-order valence-electron chi connectivity index (χ3n) is 5.02. The van der Waals surface area contributed by atoms with E-state index in [4.69, 9.17) is 0 Å². The summed E-state index contributed by atoms with van der Waals surface area (Å²) in [4.78, 5) is 27.6. The number of nitrogens with one attached hydrogen (secondary N) is 1. The minimum absolute atomic E-state index is 0.0105. The summed E-state index contributed by atoms with van der Waals surface area (Å²) in [5.41, 5.74) is 1.83. The molecule has 0 radical (unpaired) electrons. The average Bonchev–Trinajstić information content (AvgIpc) is 3.08. The van der Waals surface area contributed by atoms with Crippen LogP contribution in [0.3, 0.4) is 0 Å². The van der Waals surface area contributed by atoms with E-state index in [0.717, 1.165) is 50.1 Å². The van der Waals surface area contributed by atoms with Crippen molar-refractivity contribution in [3.8, 4) is 0 Å². The Kier molecular flexibility index (Phi) is 5.91. The number of carbonyl (C=O) groups excluding carboxylic acids is 1. The topological polar surface area (TPSA) is 69.6 Å². The monoisotopic (exact) mass is 362 g/mol. The second-order valence-corrected chi connectivity index (χ2v) is 7.76. The summed E-state index contributed by atoms with van der Waals surface area (Å²) in [6.45, 7) is 3.57. The summed E-state index contributed by atoms with van der Waals surface area (Å²) in [6.07, 6.45) is 8.72. The molecule has 0 spiro atoms. The number of hydrogen-bond acceptors (Lipinski definition) is 4. The number of amides is 1. The normalized spacial score (nSPS) is 18.7. The molecule has 136 valence electrons. The molecule has 1 amide bonds. The molecule has 25 heavy (non-hydrogen) atoms. The van der Waals surface area contributed by atoms with Gasteiger partial charge in [0.2, 0.25) is 5.91 Å². The standard InChI is InChI=1S/C19H26N2O3S/c1-2-17(22)21(14-8-10-20-11-9-14)15-12-16(25-18(15)19(23)24)13-6-4-3-5-7-13/h6,12,14,20H,2-5,7-11H2,1H3,(H,23,24). The largest absolute Gasteiger partial charge is 0.477 e. The van der Waals surface area contributed by atoms with Crippen molar-refractivity contribution in [1.82, 2.24) is 5.32 Å². The van der Waals surface area contributed by atoms with Gasteiger partial charge in [-0.25, -0.2) is 4.79 Å². The summed E-state index contributed by atoms with van der Waals surface area (Å²) in [5.74, 6) is -0.929. The first-order valence-electron chi connectivity index (χ1n) is 9.21. The minimum atomic E-state index is -0.939. The van der Waals surface area contributed by atoms with Crippen LogP contribution >= 0.6 is 11.3 Å². The van der Waals surface area contributed by atoms with Gasteiger partial charge < -0.3 is 15.3 Å². The third kappa shape index (κ3) is 3.96. The van der Waals surface area contributed by atoms with E-state index in [-0.39, 0.29) is 11.9 Å². The van der Waals surface area contributed by atoms with E-state index < -0.39 is 5.97 Å². The second kappa shape index (κ2) is 8.15. The van der Waals surface area contributed by atoms with Crippen molar-refractivity contribution in [2.24, 2.45) is 0 Å². The van der Waals surface area contributed by atoms with Crippen molar-refractivity contribution in [2.45, 2.75) is 57.9 Å². The first-order valence-corrected chi connectivity index (χ1v) is 10.0. The van der Waals surface area contributed by atoms with Gasteiger partial charge in [0.1, 0.15) is 4.88 Å². The Morgan fingerprint density at radius 1 is 1.32 bits per heavy atom. The van der Waals surface area contributed by atoms with E-state index in [9.17, 15) is 14.7 Å². The lowest BCUT2D eigenvalue weighted by Gasteiger charge is -2.34. The molecule has 0 aromatic carbocycles. The summed E-state index contributed by atoms with van der Waals surface area (Å²) in [6, 6.07) is 2.02. The highest BCUT2D eigenvalue weighted by molar-refractivity contribution is 7.15. The first-order chi connectivity index (χ1) is 12.1. The van der Waals surface area contributed by atoms with Crippen molar-refractivity contribution in [1.29, 1.82) is 0 Å². The summed E-state index contributed by atoms with van der Waals surface area (Å²) >= 11 is 1.32. The number of thiophene rings is 1. The van der Waals surface area contributed by atoms with Gasteiger partial charge in [-0.3, -0.25) is 4.79 Å². The highest BCUT2D eigenvalue weighted by Crippen LogP contribution is 2.39. The minimum Gasteiger partial charge on any atom is -0.477 e. The number of carboxylic acids is 1. The van der Waals surface area contributed by atoms with Crippen molar-refractivity contribution >= 4 is 34.5 Å². The Bertz CT molecular complexity index is 674.